The van der Waals surface area contributed by atoms with Crippen molar-refractivity contribution in [2.45, 2.75) is 38.3 Å². The largest absolute Gasteiger partial charge is 0.434 e. The Labute approximate surface area is 122 Å². The maximum atomic E-state index is 12.6. The lowest BCUT2D eigenvalue weighted by atomic mass is 9.98. The van der Waals surface area contributed by atoms with Gasteiger partial charge in [-0.15, -0.1) is 0 Å². The van der Waals surface area contributed by atoms with E-state index in [9.17, 15) is 13.6 Å². The van der Waals surface area contributed by atoms with Gasteiger partial charge in [0.15, 0.2) is 0 Å². The monoisotopic (exact) mass is 298 g/mol. The lowest BCUT2D eigenvalue weighted by Crippen LogP contribution is -2.44. The number of ether oxygens (including phenoxy) is 1. The number of amides is 1. The van der Waals surface area contributed by atoms with Gasteiger partial charge in [-0.25, -0.2) is 0 Å². The van der Waals surface area contributed by atoms with Crippen molar-refractivity contribution in [3.05, 3.63) is 29.8 Å². The van der Waals surface area contributed by atoms with E-state index in [1.165, 1.54) is 12.1 Å². The molecule has 2 N–H and O–H groups in total. The highest BCUT2D eigenvalue weighted by molar-refractivity contribution is 5.97. The van der Waals surface area contributed by atoms with Crippen molar-refractivity contribution >= 4 is 5.91 Å². The molecule has 21 heavy (non-hydrogen) atoms. The van der Waals surface area contributed by atoms with Gasteiger partial charge in [0.1, 0.15) is 5.75 Å². The van der Waals surface area contributed by atoms with Gasteiger partial charge in [0, 0.05) is 12.6 Å². The van der Waals surface area contributed by atoms with Gasteiger partial charge < -0.3 is 15.4 Å². The Bertz CT molecular complexity index is 480. The maximum absolute atomic E-state index is 12.6. The van der Waals surface area contributed by atoms with Crippen molar-refractivity contribution in [1.29, 1.82) is 0 Å². The van der Waals surface area contributed by atoms with Gasteiger partial charge in [0.05, 0.1) is 5.56 Å². The highest BCUT2D eigenvalue weighted by Gasteiger charge is 2.28. The van der Waals surface area contributed by atoms with Crippen LogP contribution in [0, 0.1) is 0 Å². The van der Waals surface area contributed by atoms with Gasteiger partial charge in [-0.1, -0.05) is 12.1 Å². The molecule has 116 valence electrons. The molecule has 6 heteroatoms. The minimum atomic E-state index is -2.94. The molecule has 1 aromatic carbocycles. The molecule has 4 nitrogen and oxygen atoms in total. The van der Waals surface area contributed by atoms with Crippen molar-refractivity contribution in [3.63, 3.8) is 0 Å². The van der Waals surface area contributed by atoms with Crippen molar-refractivity contribution in [1.82, 2.24) is 4.90 Å². The molecule has 1 heterocycles. The fraction of sp³-hybridized carbons (Fsp3) is 0.533. The van der Waals surface area contributed by atoms with E-state index in [-0.39, 0.29) is 23.3 Å². The van der Waals surface area contributed by atoms with Crippen molar-refractivity contribution in [2.24, 2.45) is 5.73 Å². The van der Waals surface area contributed by atoms with E-state index >= 15 is 0 Å². The normalized spacial score (nSPS) is 18.9. The summed E-state index contributed by atoms with van der Waals surface area (Å²) in [4.78, 5) is 14.4. The van der Waals surface area contributed by atoms with Crippen molar-refractivity contribution in [2.75, 3.05) is 13.1 Å². The first kappa shape index (κ1) is 15.7. The van der Waals surface area contributed by atoms with E-state index in [1.54, 1.807) is 17.0 Å². The average Bonchev–Trinajstić information content (AvgIpc) is 2.47. The molecule has 0 radical (unpaired) electrons. The predicted molar refractivity (Wildman–Crippen MR) is 75.4 cm³/mol. The van der Waals surface area contributed by atoms with E-state index in [4.69, 9.17) is 5.73 Å². The molecular weight excluding hydrogens is 278 g/mol. The van der Waals surface area contributed by atoms with Crippen LogP contribution in [0.5, 0.6) is 5.75 Å². The number of benzene rings is 1. The van der Waals surface area contributed by atoms with Gasteiger partial charge >= 0.3 is 6.61 Å². The summed E-state index contributed by atoms with van der Waals surface area (Å²) < 4.78 is 29.3. The Kier molecular flexibility index (Phi) is 5.50. The first-order chi connectivity index (χ1) is 10.1. The molecule has 1 aliphatic rings. The van der Waals surface area contributed by atoms with Crippen LogP contribution >= 0.6 is 0 Å². The molecule has 0 bridgehead atoms. The summed E-state index contributed by atoms with van der Waals surface area (Å²) in [5, 5.41) is 0. The number of hydrogen-bond acceptors (Lipinski definition) is 3. The number of piperidine rings is 1. The molecule has 1 atom stereocenters. The van der Waals surface area contributed by atoms with Gasteiger partial charge in [-0.3, -0.25) is 4.79 Å². The highest BCUT2D eigenvalue weighted by atomic mass is 19.3. The van der Waals surface area contributed by atoms with Crippen LogP contribution in [-0.4, -0.2) is 36.5 Å². The zero-order valence-electron chi connectivity index (χ0n) is 11.8. The number of halogens is 2. The number of para-hydroxylation sites is 1. The molecule has 0 aliphatic carbocycles. The highest BCUT2D eigenvalue weighted by Crippen LogP contribution is 2.26. The maximum Gasteiger partial charge on any atom is 0.387 e. The molecule has 1 aliphatic heterocycles. The molecule has 1 aromatic rings. The molecule has 1 amide bonds. The number of carbonyl (C=O) groups excluding carboxylic acids is 1. The quantitative estimate of drug-likeness (QED) is 0.909. The zero-order valence-corrected chi connectivity index (χ0v) is 11.8. The molecule has 1 fully saturated rings. The number of likely N-dealkylation sites (tertiary alicyclic amines) is 1. The van der Waals surface area contributed by atoms with Crippen molar-refractivity contribution in [3.8, 4) is 5.75 Å². The second kappa shape index (κ2) is 7.36. The van der Waals surface area contributed by atoms with Crippen LogP contribution in [0.3, 0.4) is 0 Å². The van der Waals surface area contributed by atoms with E-state index in [2.05, 4.69) is 4.74 Å². The third-order valence-corrected chi connectivity index (χ3v) is 3.72. The lowest BCUT2D eigenvalue weighted by Gasteiger charge is -2.36. The van der Waals surface area contributed by atoms with Crippen LogP contribution in [0.15, 0.2) is 24.3 Å². The first-order valence-electron chi connectivity index (χ1n) is 7.18. The van der Waals surface area contributed by atoms with Crippen LogP contribution in [0.2, 0.25) is 0 Å². The molecule has 0 aromatic heterocycles. The Morgan fingerprint density at radius 3 is 2.86 bits per heavy atom. The van der Waals surface area contributed by atoms with Crippen LogP contribution in [-0.2, 0) is 0 Å². The van der Waals surface area contributed by atoms with Gasteiger partial charge in [-0.05, 0) is 44.4 Å². The Morgan fingerprint density at radius 1 is 1.38 bits per heavy atom. The smallest absolute Gasteiger partial charge is 0.387 e. The second-order valence-electron chi connectivity index (χ2n) is 5.10. The lowest BCUT2D eigenvalue weighted by molar-refractivity contribution is -0.0503. The van der Waals surface area contributed by atoms with Gasteiger partial charge in [0.2, 0.25) is 0 Å². The van der Waals surface area contributed by atoms with E-state index in [0.29, 0.717) is 13.1 Å². The summed E-state index contributed by atoms with van der Waals surface area (Å²) >= 11 is 0. The predicted octanol–water partition coefficient (Wildman–Crippen LogP) is 2.63. The Hall–Kier alpha value is -1.69. The molecule has 2 rings (SSSR count). The third-order valence-electron chi connectivity index (χ3n) is 3.72. The van der Waals surface area contributed by atoms with Crippen LogP contribution < -0.4 is 10.5 Å². The van der Waals surface area contributed by atoms with Crippen molar-refractivity contribution < 1.29 is 18.3 Å². The third kappa shape index (κ3) is 3.91. The number of carbonyl (C=O) groups is 1. The second-order valence-corrected chi connectivity index (χ2v) is 5.10. The Balaban J connectivity index is 2.21. The number of nitrogens with two attached hydrogens (primary N) is 1. The minimum absolute atomic E-state index is 0.0745. The topological polar surface area (TPSA) is 55.6 Å². The SMILES string of the molecule is NCCC1CCCCN1C(=O)c1ccccc1OC(F)F. The summed E-state index contributed by atoms with van der Waals surface area (Å²) in [5.41, 5.74) is 5.78. The van der Waals surface area contributed by atoms with Crippen LogP contribution in [0.4, 0.5) is 8.78 Å². The summed E-state index contributed by atoms with van der Waals surface area (Å²) in [6.45, 7) is -1.81. The summed E-state index contributed by atoms with van der Waals surface area (Å²) in [6.07, 6.45) is 3.61. The Morgan fingerprint density at radius 2 is 2.14 bits per heavy atom. The van der Waals surface area contributed by atoms with Crippen LogP contribution in [0.25, 0.3) is 0 Å². The van der Waals surface area contributed by atoms with E-state index in [0.717, 1.165) is 25.7 Å². The van der Waals surface area contributed by atoms with Gasteiger partial charge in [0.25, 0.3) is 5.91 Å². The number of alkyl halides is 2. The number of rotatable bonds is 5. The zero-order chi connectivity index (χ0) is 15.2. The number of hydrogen-bond donors (Lipinski definition) is 1. The average molecular weight is 298 g/mol. The minimum Gasteiger partial charge on any atom is -0.434 e. The standard InChI is InChI=1S/C15H20F2N2O2/c16-15(17)21-13-7-2-1-6-12(13)14(20)19-10-4-3-5-11(19)8-9-18/h1-2,6-7,11,15H,3-5,8-10,18H2. The molecule has 1 saturated heterocycles. The first-order valence-corrected chi connectivity index (χ1v) is 7.18. The fourth-order valence-corrected chi connectivity index (χ4v) is 2.76. The summed E-state index contributed by atoms with van der Waals surface area (Å²) in [5.74, 6) is -0.334. The summed E-state index contributed by atoms with van der Waals surface area (Å²) in [7, 11) is 0. The molecule has 0 spiro atoms. The molecule has 1 unspecified atom stereocenters. The van der Waals surface area contributed by atoms with E-state index in [1.807, 2.05) is 0 Å². The van der Waals surface area contributed by atoms with Gasteiger partial charge in [-0.2, -0.15) is 8.78 Å². The van der Waals surface area contributed by atoms with Crippen LogP contribution in [0.1, 0.15) is 36.0 Å². The van der Waals surface area contributed by atoms with E-state index < -0.39 is 6.61 Å². The molecule has 0 saturated carbocycles. The molecular formula is C15H20F2N2O2. The summed E-state index contributed by atoms with van der Waals surface area (Å²) in [6, 6.07) is 6.21. The number of nitrogens with zero attached hydrogens (tertiary/aromatic N) is 1. The fourth-order valence-electron chi connectivity index (χ4n) is 2.76.